The summed E-state index contributed by atoms with van der Waals surface area (Å²) in [4.78, 5) is 40.6. The second-order valence-corrected chi connectivity index (χ2v) is 6.22. The Morgan fingerprint density at radius 3 is 2.60 bits per heavy atom. The van der Waals surface area contributed by atoms with Crippen molar-refractivity contribution in [1.82, 2.24) is 14.9 Å². The first-order chi connectivity index (χ1) is 11.8. The fourth-order valence-electron chi connectivity index (χ4n) is 2.60. The van der Waals surface area contributed by atoms with Gasteiger partial charge >= 0.3 is 5.97 Å². The fraction of sp³-hybridized carbons (Fsp3) is 0.444. The minimum absolute atomic E-state index is 0.0702. The molecule has 0 fully saturated rings. The second kappa shape index (κ2) is 7.92. The van der Waals surface area contributed by atoms with E-state index in [1.807, 2.05) is 38.1 Å². The third-order valence-electron chi connectivity index (χ3n) is 4.08. The van der Waals surface area contributed by atoms with E-state index >= 15 is 0 Å². The highest BCUT2D eigenvalue weighted by Crippen LogP contribution is 2.10. The van der Waals surface area contributed by atoms with Gasteiger partial charge in [0, 0.05) is 19.9 Å². The van der Waals surface area contributed by atoms with E-state index in [0.29, 0.717) is 11.2 Å². The van der Waals surface area contributed by atoms with Gasteiger partial charge in [-0.25, -0.2) is 9.78 Å². The third kappa shape index (κ3) is 4.23. The molecule has 2 rings (SSSR count). The normalized spacial score (nSPS) is 12.2. The maximum atomic E-state index is 12.4. The van der Waals surface area contributed by atoms with Crippen molar-refractivity contribution in [2.75, 3.05) is 7.11 Å². The van der Waals surface area contributed by atoms with Gasteiger partial charge in [-0.05, 0) is 18.1 Å². The van der Waals surface area contributed by atoms with Crippen LogP contribution in [0.15, 0.2) is 29.1 Å². The number of nitrogens with one attached hydrogen (secondary N) is 1. The van der Waals surface area contributed by atoms with E-state index in [0.717, 1.165) is 5.52 Å². The van der Waals surface area contributed by atoms with Gasteiger partial charge in [0.25, 0.3) is 5.56 Å². The van der Waals surface area contributed by atoms with Crippen LogP contribution < -0.4 is 10.9 Å². The van der Waals surface area contributed by atoms with Crippen molar-refractivity contribution in [2.24, 2.45) is 13.0 Å². The number of aryl methyl sites for hydroxylation is 2. The van der Waals surface area contributed by atoms with Gasteiger partial charge in [-0.3, -0.25) is 9.59 Å². The topological polar surface area (TPSA) is 90.3 Å². The first kappa shape index (κ1) is 18.6. The molecule has 0 aliphatic heterocycles. The van der Waals surface area contributed by atoms with Gasteiger partial charge in [-0.2, -0.15) is 0 Å². The number of rotatable bonds is 6. The lowest BCUT2D eigenvalue weighted by Crippen LogP contribution is -2.45. The predicted octanol–water partition coefficient (Wildman–Crippen LogP) is 1.18. The number of carbonyl (C=O) groups is 2. The van der Waals surface area contributed by atoms with Gasteiger partial charge in [0.1, 0.15) is 11.7 Å². The van der Waals surface area contributed by atoms with Crippen molar-refractivity contribution < 1.29 is 14.3 Å². The highest BCUT2D eigenvalue weighted by molar-refractivity contribution is 5.84. The minimum Gasteiger partial charge on any atom is -0.467 e. The van der Waals surface area contributed by atoms with Crippen LogP contribution in [-0.4, -0.2) is 34.6 Å². The Kier molecular flexibility index (Phi) is 5.90. The second-order valence-electron chi connectivity index (χ2n) is 6.22. The number of para-hydroxylation sites is 2. The van der Waals surface area contributed by atoms with Gasteiger partial charge in [-0.1, -0.05) is 26.0 Å². The number of hydrogen-bond donors (Lipinski definition) is 1. The van der Waals surface area contributed by atoms with Crippen LogP contribution in [0.2, 0.25) is 0 Å². The molecule has 2 aromatic rings. The van der Waals surface area contributed by atoms with Crippen LogP contribution in [0.4, 0.5) is 0 Å². The summed E-state index contributed by atoms with van der Waals surface area (Å²) in [6.45, 7) is 3.64. The van der Waals surface area contributed by atoms with Crippen molar-refractivity contribution in [3.63, 3.8) is 0 Å². The smallest absolute Gasteiger partial charge is 0.328 e. The van der Waals surface area contributed by atoms with E-state index in [1.165, 1.54) is 11.7 Å². The maximum Gasteiger partial charge on any atom is 0.328 e. The molecule has 1 aromatic heterocycles. The molecule has 7 heteroatoms. The summed E-state index contributed by atoms with van der Waals surface area (Å²) in [5, 5.41) is 2.66. The monoisotopic (exact) mass is 345 g/mol. The van der Waals surface area contributed by atoms with Crippen molar-refractivity contribution in [2.45, 2.75) is 32.7 Å². The number of aromatic nitrogens is 2. The van der Waals surface area contributed by atoms with Crippen LogP contribution in [0.5, 0.6) is 0 Å². The van der Waals surface area contributed by atoms with E-state index in [4.69, 9.17) is 4.74 Å². The standard InChI is InChI=1S/C18H23N3O4/c1-11(2)16(18(24)25-4)20-15(22)10-9-13-17(23)21(3)14-8-6-5-7-12(14)19-13/h5-8,11,16H,9-10H2,1-4H3,(H,20,22)/t16-/m0/s1. The minimum atomic E-state index is -0.704. The molecular weight excluding hydrogens is 322 g/mol. The summed E-state index contributed by atoms with van der Waals surface area (Å²) in [5.74, 6) is -0.896. The van der Waals surface area contributed by atoms with Crippen molar-refractivity contribution in [3.8, 4) is 0 Å². The number of ether oxygens (including phenoxy) is 1. The Labute approximate surface area is 146 Å². The lowest BCUT2D eigenvalue weighted by molar-refractivity contribution is -0.146. The van der Waals surface area contributed by atoms with Crippen molar-refractivity contribution in [3.05, 3.63) is 40.3 Å². The van der Waals surface area contributed by atoms with Crippen LogP contribution in [-0.2, 0) is 27.8 Å². The maximum absolute atomic E-state index is 12.4. The number of methoxy groups -OCH3 is 1. The molecule has 7 nitrogen and oxygen atoms in total. The number of carbonyl (C=O) groups excluding carboxylic acids is 2. The summed E-state index contributed by atoms with van der Waals surface area (Å²) >= 11 is 0. The number of esters is 1. The largest absolute Gasteiger partial charge is 0.467 e. The number of amides is 1. The molecule has 1 atom stereocenters. The van der Waals surface area contributed by atoms with Crippen LogP contribution in [0.1, 0.15) is 26.0 Å². The number of hydrogen-bond acceptors (Lipinski definition) is 5. The first-order valence-corrected chi connectivity index (χ1v) is 8.17. The molecule has 0 bridgehead atoms. The molecule has 1 amide bonds. The molecule has 0 spiro atoms. The van der Waals surface area contributed by atoms with Gasteiger partial charge in [0.15, 0.2) is 0 Å². The fourth-order valence-corrected chi connectivity index (χ4v) is 2.60. The lowest BCUT2D eigenvalue weighted by atomic mass is 10.0. The zero-order valence-electron chi connectivity index (χ0n) is 14.9. The van der Waals surface area contributed by atoms with Gasteiger partial charge in [0.05, 0.1) is 18.1 Å². The first-order valence-electron chi connectivity index (χ1n) is 8.17. The predicted molar refractivity (Wildman–Crippen MR) is 94.1 cm³/mol. The third-order valence-corrected chi connectivity index (χ3v) is 4.08. The Balaban J connectivity index is 2.12. The van der Waals surface area contributed by atoms with Gasteiger partial charge < -0.3 is 14.6 Å². The van der Waals surface area contributed by atoms with E-state index in [9.17, 15) is 14.4 Å². The average molecular weight is 345 g/mol. The van der Waals surface area contributed by atoms with E-state index in [-0.39, 0.29) is 30.2 Å². The Bertz CT molecular complexity index is 842. The van der Waals surface area contributed by atoms with E-state index in [1.54, 1.807) is 7.05 Å². The molecule has 1 N–H and O–H groups in total. The molecule has 0 aliphatic rings. The molecule has 0 unspecified atom stereocenters. The van der Waals surface area contributed by atoms with E-state index in [2.05, 4.69) is 10.3 Å². The highest BCUT2D eigenvalue weighted by Gasteiger charge is 2.24. The molecule has 1 aromatic carbocycles. The van der Waals surface area contributed by atoms with Gasteiger partial charge in [0.2, 0.25) is 5.91 Å². The molecule has 25 heavy (non-hydrogen) atoms. The molecule has 0 saturated carbocycles. The molecule has 0 saturated heterocycles. The molecule has 0 aliphatic carbocycles. The molecular formula is C18H23N3O4. The van der Waals surface area contributed by atoms with Crippen molar-refractivity contribution >= 4 is 22.9 Å². The zero-order valence-corrected chi connectivity index (χ0v) is 14.9. The number of fused-ring (bicyclic) bond motifs is 1. The van der Waals surface area contributed by atoms with Crippen LogP contribution in [0, 0.1) is 5.92 Å². The number of nitrogens with zero attached hydrogens (tertiary/aromatic N) is 2. The SMILES string of the molecule is COC(=O)[C@@H](NC(=O)CCc1nc2ccccc2n(C)c1=O)C(C)C. The Hall–Kier alpha value is -2.70. The summed E-state index contributed by atoms with van der Waals surface area (Å²) < 4.78 is 6.23. The van der Waals surface area contributed by atoms with Gasteiger partial charge in [-0.15, -0.1) is 0 Å². The van der Waals surface area contributed by atoms with Crippen molar-refractivity contribution in [1.29, 1.82) is 0 Å². The molecule has 1 heterocycles. The summed E-state index contributed by atoms with van der Waals surface area (Å²) in [7, 11) is 2.97. The lowest BCUT2D eigenvalue weighted by Gasteiger charge is -2.19. The molecule has 134 valence electrons. The summed E-state index contributed by atoms with van der Waals surface area (Å²) in [5.41, 5.74) is 1.55. The van der Waals surface area contributed by atoms with E-state index < -0.39 is 12.0 Å². The Morgan fingerprint density at radius 1 is 1.28 bits per heavy atom. The van der Waals surface area contributed by atoms with Crippen LogP contribution in [0.3, 0.4) is 0 Å². The number of benzene rings is 1. The van der Waals surface area contributed by atoms with Crippen LogP contribution in [0.25, 0.3) is 11.0 Å². The average Bonchev–Trinajstić information content (AvgIpc) is 2.60. The molecule has 0 radical (unpaired) electrons. The van der Waals surface area contributed by atoms with Crippen LogP contribution >= 0.6 is 0 Å². The zero-order chi connectivity index (χ0) is 18.6. The summed E-state index contributed by atoms with van der Waals surface area (Å²) in [6, 6.07) is 6.63. The quantitative estimate of drug-likeness (QED) is 0.794. The highest BCUT2D eigenvalue weighted by atomic mass is 16.5. The Morgan fingerprint density at radius 2 is 1.96 bits per heavy atom. The summed E-state index contributed by atoms with van der Waals surface area (Å²) in [6.07, 6.45) is 0.274.